The predicted octanol–water partition coefficient (Wildman–Crippen LogP) is 2.06. The van der Waals surface area contributed by atoms with Gasteiger partial charge in [0.25, 0.3) is 0 Å². The molecule has 0 aliphatic heterocycles. The van der Waals surface area contributed by atoms with E-state index < -0.39 is 0 Å². The quantitative estimate of drug-likeness (QED) is 0.589. The average Bonchev–Trinajstić information content (AvgIpc) is 2.05. The van der Waals surface area contributed by atoms with Gasteiger partial charge in [0.2, 0.25) is 0 Å². The number of hydrogen-bond donors (Lipinski definition) is 3. The summed E-state index contributed by atoms with van der Waals surface area (Å²) in [5.41, 5.74) is 2.13. The van der Waals surface area contributed by atoms with Crippen LogP contribution in [0.15, 0.2) is 23.1 Å². The van der Waals surface area contributed by atoms with Gasteiger partial charge in [-0.05, 0) is 18.2 Å². The molecule has 3 heteroatoms. The average molecular weight is 168 g/mol. The Morgan fingerprint density at radius 3 is 2.45 bits per heavy atom. The molecule has 2 N–H and O–H groups in total. The third-order valence-electron chi connectivity index (χ3n) is 1.55. The van der Waals surface area contributed by atoms with Gasteiger partial charge in [0.15, 0.2) is 0 Å². The molecule has 0 amide bonds. The normalized spacial score (nSPS) is 9.36. The third-order valence-corrected chi connectivity index (χ3v) is 1.94. The molecule has 0 aromatic heterocycles. The smallest absolute Gasteiger partial charge is 0.0493 e. The minimum atomic E-state index is 0.964. The van der Waals surface area contributed by atoms with Gasteiger partial charge in [0.05, 0.1) is 0 Å². The lowest BCUT2D eigenvalue weighted by molar-refractivity contribution is 1.37. The van der Waals surface area contributed by atoms with Crippen LogP contribution < -0.4 is 10.6 Å². The number of thiol groups is 1. The monoisotopic (exact) mass is 168 g/mol. The van der Waals surface area contributed by atoms with Crippen molar-refractivity contribution in [3.05, 3.63) is 18.2 Å². The van der Waals surface area contributed by atoms with E-state index in [1.54, 1.807) is 0 Å². The third kappa shape index (κ3) is 1.80. The van der Waals surface area contributed by atoms with Crippen molar-refractivity contribution in [2.75, 3.05) is 24.7 Å². The van der Waals surface area contributed by atoms with Gasteiger partial charge in [-0.3, -0.25) is 0 Å². The Morgan fingerprint density at radius 1 is 1.18 bits per heavy atom. The van der Waals surface area contributed by atoms with Crippen LogP contribution in [0.2, 0.25) is 0 Å². The molecule has 0 unspecified atom stereocenters. The molecule has 1 rings (SSSR count). The van der Waals surface area contributed by atoms with E-state index in [1.807, 2.05) is 32.3 Å². The molecule has 0 spiro atoms. The maximum absolute atomic E-state index is 4.27. The topological polar surface area (TPSA) is 24.1 Å². The molecule has 0 aliphatic rings. The largest absolute Gasteiger partial charge is 0.388 e. The van der Waals surface area contributed by atoms with Crippen molar-refractivity contribution in [1.82, 2.24) is 0 Å². The zero-order valence-electron chi connectivity index (χ0n) is 6.68. The molecule has 0 bridgehead atoms. The van der Waals surface area contributed by atoms with E-state index >= 15 is 0 Å². The maximum atomic E-state index is 4.27. The summed E-state index contributed by atoms with van der Waals surface area (Å²) in [7, 11) is 3.78. The molecule has 0 saturated heterocycles. The number of rotatable bonds is 2. The van der Waals surface area contributed by atoms with E-state index in [1.165, 1.54) is 0 Å². The number of anilines is 2. The Balaban J connectivity index is 3.02. The van der Waals surface area contributed by atoms with E-state index in [0.29, 0.717) is 0 Å². The van der Waals surface area contributed by atoms with E-state index in [2.05, 4.69) is 23.3 Å². The van der Waals surface area contributed by atoms with Crippen molar-refractivity contribution in [3.8, 4) is 0 Å². The Hall–Kier alpha value is -0.830. The Kier molecular flexibility index (Phi) is 2.65. The van der Waals surface area contributed by atoms with Gasteiger partial charge >= 0.3 is 0 Å². The van der Waals surface area contributed by atoms with E-state index in [-0.39, 0.29) is 0 Å². The van der Waals surface area contributed by atoms with Gasteiger partial charge < -0.3 is 10.6 Å². The van der Waals surface area contributed by atoms with Gasteiger partial charge in [-0.25, -0.2) is 0 Å². The molecule has 1 aromatic carbocycles. The minimum Gasteiger partial charge on any atom is -0.388 e. The molecule has 0 saturated carbocycles. The van der Waals surface area contributed by atoms with Gasteiger partial charge in [0.1, 0.15) is 0 Å². The van der Waals surface area contributed by atoms with E-state index in [9.17, 15) is 0 Å². The lowest BCUT2D eigenvalue weighted by atomic mass is 10.3. The molecular weight excluding hydrogens is 156 g/mol. The van der Waals surface area contributed by atoms with Gasteiger partial charge in [-0.15, -0.1) is 12.6 Å². The van der Waals surface area contributed by atoms with Gasteiger partial charge in [-0.2, -0.15) is 0 Å². The molecule has 1 aromatic rings. The lowest BCUT2D eigenvalue weighted by Crippen LogP contribution is -1.92. The van der Waals surface area contributed by atoms with Crippen molar-refractivity contribution in [1.29, 1.82) is 0 Å². The van der Waals surface area contributed by atoms with Gasteiger partial charge in [0, 0.05) is 30.4 Å². The zero-order chi connectivity index (χ0) is 8.27. The Morgan fingerprint density at radius 2 is 1.91 bits per heavy atom. The molecule has 11 heavy (non-hydrogen) atoms. The van der Waals surface area contributed by atoms with Crippen LogP contribution in [0.5, 0.6) is 0 Å². The molecule has 0 heterocycles. The number of hydrogen-bond acceptors (Lipinski definition) is 3. The predicted molar refractivity (Wildman–Crippen MR) is 52.8 cm³/mol. The number of benzene rings is 1. The van der Waals surface area contributed by atoms with Crippen LogP contribution in [0, 0.1) is 0 Å². The molecule has 0 radical (unpaired) electrons. The fourth-order valence-electron chi connectivity index (χ4n) is 0.892. The van der Waals surface area contributed by atoms with Crippen LogP contribution >= 0.6 is 12.6 Å². The van der Waals surface area contributed by atoms with E-state index in [4.69, 9.17) is 0 Å². The second-order valence-electron chi connectivity index (χ2n) is 2.23. The first-order chi connectivity index (χ1) is 5.27. The van der Waals surface area contributed by atoms with Crippen molar-refractivity contribution in [2.24, 2.45) is 0 Å². The molecular formula is C8H12N2S. The van der Waals surface area contributed by atoms with Crippen LogP contribution in [-0.2, 0) is 0 Å². The van der Waals surface area contributed by atoms with Crippen molar-refractivity contribution in [2.45, 2.75) is 4.90 Å². The highest BCUT2D eigenvalue weighted by Gasteiger charge is 1.95. The van der Waals surface area contributed by atoms with Gasteiger partial charge in [-0.1, -0.05) is 0 Å². The summed E-state index contributed by atoms with van der Waals surface area (Å²) in [6, 6.07) is 5.96. The first-order valence-corrected chi connectivity index (χ1v) is 3.91. The second-order valence-corrected chi connectivity index (χ2v) is 2.71. The molecule has 2 nitrogen and oxygen atoms in total. The highest BCUT2D eigenvalue weighted by atomic mass is 32.1. The van der Waals surface area contributed by atoms with Crippen LogP contribution in [0.3, 0.4) is 0 Å². The van der Waals surface area contributed by atoms with E-state index in [0.717, 1.165) is 16.3 Å². The molecule has 60 valence electrons. The summed E-state index contributed by atoms with van der Waals surface area (Å²) in [5, 5.41) is 6.11. The highest BCUT2D eigenvalue weighted by molar-refractivity contribution is 7.80. The van der Waals surface area contributed by atoms with Crippen molar-refractivity contribution >= 4 is 24.0 Å². The highest BCUT2D eigenvalue weighted by Crippen LogP contribution is 2.22. The van der Waals surface area contributed by atoms with Crippen molar-refractivity contribution in [3.63, 3.8) is 0 Å². The Bertz CT molecular complexity index is 248. The summed E-state index contributed by atoms with van der Waals surface area (Å²) in [6.07, 6.45) is 0. The van der Waals surface area contributed by atoms with Crippen LogP contribution in [-0.4, -0.2) is 14.1 Å². The SMILES string of the molecule is CNc1ccc(S)c(NC)c1. The minimum absolute atomic E-state index is 0.964. The fraction of sp³-hybridized carbons (Fsp3) is 0.250. The molecule has 0 atom stereocenters. The van der Waals surface area contributed by atoms with Crippen LogP contribution in [0.1, 0.15) is 0 Å². The first kappa shape index (κ1) is 8.27. The first-order valence-electron chi connectivity index (χ1n) is 3.46. The summed E-state index contributed by atoms with van der Waals surface area (Å²) in [6.45, 7) is 0. The standard InChI is InChI=1S/C8H12N2S/c1-9-6-3-4-8(11)7(5-6)10-2/h3-5,9-11H,1-2H3. The van der Waals surface area contributed by atoms with Crippen LogP contribution in [0.25, 0.3) is 0 Å². The number of nitrogens with one attached hydrogen (secondary N) is 2. The second kappa shape index (κ2) is 3.53. The summed E-state index contributed by atoms with van der Waals surface area (Å²) in [5.74, 6) is 0. The van der Waals surface area contributed by atoms with Crippen molar-refractivity contribution < 1.29 is 0 Å². The summed E-state index contributed by atoms with van der Waals surface area (Å²) < 4.78 is 0. The molecule has 0 aliphatic carbocycles. The Labute approximate surface area is 72.4 Å². The maximum Gasteiger partial charge on any atom is 0.0493 e. The summed E-state index contributed by atoms with van der Waals surface area (Å²) >= 11 is 4.27. The molecule has 0 fully saturated rings. The summed E-state index contributed by atoms with van der Waals surface area (Å²) in [4.78, 5) is 0.964. The fourth-order valence-corrected chi connectivity index (χ4v) is 1.14. The zero-order valence-corrected chi connectivity index (χ0v) is 7.57. The van der Waals surface area contributed by atoms with Crippen LogP contribution in [0.4, 0.5) is 11.4 Å². The lowest BCUT2D eigenvalue weighted by Gasteiger charge is -2.06.